The van der Waals surface area contributed by atoms with E-state index in [-0.39, 0.29) is 0 Å². The van der Waals surface area contributed by atoms with Gasteiger partial charge in [-0.25, -0.2) is 4.68 Å². The number of benzene rings is 1. The van der Waals surface area contributed by atoms with Crippen LogP contribution >= 0.6 is 0 Å². The lowest BCUT2D eigenvalue weighted by molar-refractivity contribution is 0.0768. The van der Waals surface area contributed by atoms with Crippen LogP contribution in [-0.2, 0) is 4.74 Å². The van der Waals surface area contributed by atoms with Crippen molar-refractivity contribution in [1.82, 2.24) is 15.1 Å². The molecule has 1 unspecified atom stereocenters. The van der Waals surface area contributed by atoms with Gasteiger partial charge in [-0.15, -0.1) is 0 Å². The van der Waals surface area contributed by atoms with E-state index < -0.39 is 0 Å². The van der Waals surface area contributed by atoms with E-state index in [0.29, 0.717) is 12.1 Å². The molecule has 0 radical (unpaired) electrons. The van der Waals surface area contributed by atoms with Crippen LogP contribution in [-0.4, -0.2) is 29.0 Å². The van der Waals surface area contributed by atoms with Crippen LogP contribution in [0.25, 0.3) is 5.69 Å². The van der Waals surface area contributed by atoms with E-state index in [9.17, 15) is 0 Å². The van der Waals surface area contributed by atoms with Gasteiger partial charge in [0.25, 0.3) is 0 Å². The molecule has 114 valence electrons. The predicted octanol–water partition coefficient (Wildman–Crippen LogP) is 3.34. The van der Waals surface area contributed by atoms with Gasteiger partial charge in [-0.1, -0.05) is 18.2 Å². The number of hydrogen-bond donors (Lipinski definition) is 1. The maximum absolute atomic E-state index is 5.53. The van der Waals surface area contributed by atoms with Crippen molar-refractivity contribution in [3.05, 3.63) is 48.3 Å². The molecule has 0 aliphatic heterocycles. The minimum Gasteiger partial charge on any atom is -0.379 e. The summed E-state index contributed by atoms with van der Waals surface area (Å²) in [5.41, 5.74) is 2.28. The summed E-state index contributed by atoms with van der Waals surface area (Å²) < 4.78 is 7.45. The van der Waals surface area contributed by atoms with E-state index in [0.717, 1.165) is 25.3 Å². The van der Waals surface area contributed by atoms with Crippen LogP contribution < -0.4 is 5.32 Å². The summed E-state index contributed by atoms with van der Waals surface area (Å²) in [4.78, 5) is 0. The Hall–Kier alpha value is -1.65. The zero-order valence-electron chi connectivity index (χ0n) is 13.1. The molecule has 21 heavy (non-hydrogen) atoms. The SMILES string of the molecule is CC(C)OCCCNC(C)c1cnn(-c2ccccc2)c1. The van der Waals surface area contributed by atoms with Crippen molar-refractivity contribution in [3.63, 3.8) is 0 Å². The van der Waals surface area contributed by atoms with Crippen molar-refractivity contribution in [2.45, 2.75) is 39.3 Å². The second kappa shape index (κ2) is 7.96. The van der Waals surface area contributed by atoms with Crippen molar-refractivity contribution >= 4 is 0 Å². The number of nitrogens with one attached hydrogen (secondary N) is 1. The Bertz CT molecular complexity index is 522. The van der Waals surface area contributed by atoms with Crippen molar-refractivity contribution in [2.24, 2.45) is 0 Å². The Labute approximate surface area is 127 Å². The zero-order valence-corrected chi connectivity index (χ0v) is 13.1. The average molecular weight is 287 g/mol. The first-order valence-corrected chi connectivity index (χ1v) is 7.62. The van der Waals surface area contributed by atoms with Gasteiger partial charge in [0.05, 0.1) is 18.0 Å². The van der Waals surface area contributed by atoms with Gasteiger partial charge in [0, 0.05) is 24.4 Å². The maximum Gasteiger partial charge on any atom is 0.0645 e. The van der Waals surface area contributed by atoms with Crippen LogP contribution in [0.3, 0.4) is 0 Å². The number of rotatable bonds is 8. The number of aromatic nitrogens is 2. The highest BCUT2D eigenvalue weighted by Crippen LogP contribution is 2.14. The van der Waals surface area contributed by atoms with Crippen LogP contribution in [0.2, 0.25) is 0 Å². The number of hydrogen-bond acceptors (Lipinski definition) is 3. The molecular formula is C17H25N3O. The summed E-state index contributed by atoms with van der Waals surface area (Å²) in [6, 6.07) is 10.5. The fourth-order valence-electron chi connectivity index (χ4n) is 2.11. The van der Waals surface area contributed by atoms with Gasteiger partial charge in [0.15, 0.2) is 0 Å². The van der Waals surface area contributed by atoms with E-state index in [1.54, 1.807) is 0 Å². The van der Waals surface area contributed by atoms with Gasteiger partial charge in [-0.3, -0.25) is 0 Å². The summed E-state index contributed by atoms with van der Waals surface area (Å²) in [5.74, 6) is 0. The molecule has 0 fully saturated rings. The predicted molar refractivity (Wildman–Crippen MR) is 85.7 cm³/mol. The third-order valence-electron chi connectivity index (χ3n) is 3.35. The molecule has 0 aliphatic carbocycles. The molecule has 1 atom stereocenters. The van der Waals surface area contributed by atoms with Gasteiger partial charge >= 0.3 is 0 Å². The molecular weight excluding hydrogens is 262 g/mol. The highest BCUT2D eigenvalue weighted by molar-refractivity contribution is 5.31. The first kappa shape index (κ1) is 15.7. The fraction of sp³-hybridized carbons (Fsp3) is 0.471. The molecule has 0 bridgehead atoms. The third kappa shape index (κ3) is 4.99. The molecule has 1 N–H and O–H groups in total. The van der Waals surface area contributed by atoms with Gasteiger partial charge in [-0.05, 0) is 45.9 Å². The van der Waals surface area contributed by atoms with Gasteiger partial charge in [-0.2, -0.15) is 5.10 Å². The molecule has 0 spiro atoms. The van der Waals surface area contributed by atoms with E-state index >= 15 is 0 Å². The highest BCUT2D eigenvalue weighted by atomic mass is 16.5. The molecule has 2 rings (SSSR count). The van der Waals surface area contributed by atoms with E-state index in [1.165, 1.54) is 5.56 Å². The Kier molecular flexibility index (Phi) is 5.96. The Balaban J connectivity index is 1.81. The molecule has 4 nitrogen and oxygen atoms in total. The quantitative estimate of drug-likeness (QED) is 0.757. The van der Waals surface area contributed by atoms with Crippen molar-refractivity contribution in [1.29, 1.82) is 0 Å². The Morgan fingerprint density at radius 1 is 1.19 bits per heavy atom. The van der Waals surface area contributed by atoms with Crippen molar-refractivity contribution in [2.75, 3.05) is 13.2 Å². The molecule has 1 aromatic heterocycles. The van der Waals surface area contributed by atoms with E-state index in [1.807, 2.05) is 29.1 Å². The number of ether oxygens (including phenoxy) is 1. The topological polar surface area (TPSA) is 39.1 Å². The largest absolute Gasteiger partial charge is 0.379 e. The lowest BCUT2D eigenvalue weighted by atomic mass is 10.2. The van der Waals surface area contributed by atoms with Gasteiger partial charge in [0.1, 0.15) is 0 Å². The zero-order chi connectivity index (χ0) is 15.1. The third-order valence-corrected chi connectivity index (χ3v) is 3.35. The summed E-state index contributed by atoms with van der Waals surface area (Å²) in [5, 5.41) is 7.93. The van der Waals surface area contributed by atoms with Gasteiger partial charge in [0.2, 0.25) is 0 Å². The first-order chi connectivity index (χ1) is 10.2. The summed E-state index contributed by atoms with van der Waals surface area (Å²) in [6.45, 7) is 8.04. The smallest absolute Gasteiger partial charge is 0.0645 e. The van der Waals surface area contributed by atoms with Crippen LogP contribution in [0.5, 0.6) is 0 Å². The van der Waals surface area contributed by atoms with Crippen molar-refractivity contribution < 1.29 is 4.74 Å². The summed E-state index contributed by atoms with van der Waals surface area (Å²) in [6.07, 6.45) is 5.34. The normalized spacial score (nSPS) is 12.8. The fourth-order valence-corrected chi connectivity index (χ4v) is 2.11. The second-order valence-corrected chi connectivity index (χ2v) is 5.50. The van der Waals surface area contributed by atoms with E-state index in [2.05, 4.69) is 49.5 Å². The van der Waals surface area contributed by atoms with Crippen molar-refractivity contribution in [3.8, 4) is 5.69 Å². The van der Waals surface area contributed by atoms with Gasteiger partial charge < -0.3 is 10.1 Å². The van der Waals surface area contributed by atoms with Crippen LogP contribution in [0.15, 0.2) is 42.7 Å². The Morgan fingerprint density at radius 3 is 2.67 bits per heavy atom. The molecule has 4 heteroatoms. The molecule has 0 saturated heterocycles. The lowest BCUT2D eigenvalue weighted by Gasteiger charge is -2.12. The lowest BCUT2D eigenvalue weighted by Crippen LogP contribution is -2.21. The highest BCUT2D eigenvalue weighted by Gasteiger charge is 2.08. The second-order valence-electron chi connectivity index (χ2n) is 5.50. The molecule has 1 aromatic carbocycles. The van der Waals surface area contributed by atoms with Crippen LogP contribution in [0.4, 0.5) is 0 Å². The number of para-hydroxylation sites is 1. The molecule has 2 aromatic rings. The molecule has 0 saturated carbocycles. The van der Waals surface area contributed by atoms with E-state index in [4.69, 9.17) is 4.74 Å². The first-order valence-electron chi connectivity index (χ1n) is 7.62. The minimum absolute atomic E-state index is 0.293. The maximum atomic E-state index is 5.53. The average Bonchev–Trinajstić information content (AvgIpc) is 2.97. The minimum atomic E-state index is 0.293. The molecule has 0 aliphatic rings. The van der Waals surface area contributed by atoms with Crippen LogP contribution in [0, 0.1) is 0 Å². The standard InChI is InChI=1S/C17H25N3O/c1-14(2)21-11-7-10-18-15(3)16-12-19-20(13-16)17-8-5-4-6-9-17/h4-6,8-9,12-15,18H,7,10-11H2,1-3H3. The monoisotopic (exact) mass is 287 g/mol. The molecule has 0 amide bonds. The summed E-state index contributed by atoms with van der Waals surface area (Å²) >= 11 is 0. The number of nitrogens with zero attached hydrogens (tertiary/aromatic N) is 2. The Morgan fingerprint density at radius 2 is 1.95 bits per heavy atom. The van der Waals surface area contributed by atoms with Crippen LogP contribution in [0.1, 0.15) is 38.8 Å². The summed E-state index contributed by atoms with van der Waals surface area (Å²) in [7, 11) is 0. The molecule has 1 heterocycles.